The molecule has 0 aliphatic carbocycles. The van der Waals surface area contributed by atoms with E-state index in [1.165, 1.54) is 23.9 Å². The summed E-state index contributed by atoms with van der Waals surface area (Å²) in [5, 5.41) is 7.38. The topological polar surface area (TPSA) is 90.5 Å². The largest absolute Gasteiger partial charge is 0.383 e. The number of hydrogen-bond acceptors (Lipinski definition) is 5. The van der Waals surface area contributed by atoms with Crippen LogP contribution in [0.25, 0.3) is 5.65 Å². The fourth-order valence-electron chi connectivity index (χ4n) is 2.27. The van der Waals surface area contributed by atoms with Crippen molar-refractivity contribution >= 4 is 23.2 Å². The highest BCUT2D eigenvalue weighted by molar-refractivity contribution is 6.30. The summed E-state index contributed by atoms with van der Waals surface area (Å²) in [5.41, 5.74) is 1.29. The summed E-state index contributed by atoms with van der Waals surface area (Å²) in [6, 6.07) is 6.25. The zero-order chi connectivity index (χ0) is 17.8. The average Bonchev–Trinajstić information content (AvgIpc) is 3.01. The second-order valence-corrected chi connectivity index (χ2v) is 5.74. The number of imidazole rings is 1. The Kier molecular flexibility index (Phi) is 5.11. The van der Waals surface area contributed by atoms with Gasteiger partial charge in [0, 0.05) is 25.6 Å². The van der Waals surface area contributed by atoms with Gasteiger partial charge in [0.25, 0.3) is 11.5 Å². The van der Waals surface area contributed by atoms with E-state index in [0.29, 0.717) is 17.3 Å². The molecule has 0 saturated heterocycles. The molecule has 0 atom stereocenters. The first-order valence-electron chi connectivity index (χ1n) is 7.55. The lowest BCUT2D eigenvalue weighted by atomic mass is 10.3. The molecule has 3 aromatic heterocycles. The second-order valence-electron chi connectivity index (χ2n) is 5.30. The highest BCUT2D eigenvalue weighted by Crippen LogP contribution is 2.11. The number of amides is 1. The molecule has 0 radical (unpaired) electrons. The molecule has 0 spiro atoms. The van der Waals surface area contributed by atoms with Crippen LogP contribution in [-0.2, 0) is 17.8 Å². The fourth-order valence-corrected chi connectivity index (χ4v) is 2.44. The van der Waals surface area contributed by atoms with E-state index < -0.39 is 0 Å². The maximum Gasteiger partial charge on any atom is 0.272 e. The first kappa shape index (κ1) is 17.1. The van der Waals surface area contributed by atoms with Crippen LogP contribution in [0.3, 0.4) is 0 Å². The van der Waals surface area contributed by atoms with Crippen molar-refractivity contribution in [2.75, 3.05) is 13.7 Å². The van der Waals surface area contributed by atoms with Gasteiger partial charge in [0.15, 0.2) is 0 Å². The maximum absolute atomic E-state index is 12.2. The number of pyridine rings is 1. The van der Waals surface area contributed by atoms with E-state index in [1.54, 1.807) is 28.9 Å². The lowest BCUT2D eigenvalue weighted by molar-refractivity contribution is 0.0941. The predicted octanol–water partition coefficient (Wildman–Crippen LogP) is 1.12. The molecule has 3 rings (SSSR count). The second kappa shape index (κ2) is 7.45. The number of nitrogens with one attached hydrogen (secondary N) is 1. The third-order valence-corrected chi connectivity index (χ3v) is 3.72. The number of aromatic nitrogens is 4. The van der Waals surface area contributed by atoms with Crippen LogP contribution in [0, 0.1) is 0 Å². The molecule has 9 heteroatoms. The van der Waals surface area contributed by atoms with E-state index in [1.807, 2.05) is 0 Å². The van der Waals surface area contributed by atoms with Crippen LogP contribution in [0.1, 0.15) is 16.2 Å². The fraction of sp³-hybridized carbons (Fsp3) is 0.250. The van der Waals surface area contributed by atoms with Crippen molar-refractivity contribution in [3.63, 3.8) is 0 Å². The SMILES string of the molecule is COCCn1nc(C(=O)NCc2cn3cc(Cl)ccc3n2)ccc1=O. The lowest BCUT2D eigenvalue weighted by Gasteiger charge is -2.06. The number of nitrogens with zero attached hydrogens (tertiary/aromatic N) is 4. The van der Waals surface area contributed by atoms with Crippen molar-refractivity contribution < 1.29 is 9.53 Å². The molecule has 0 aliphatic heterocycles. The zero-order valence-electron chi connectivity index (χ0n) is 13.5. The molecule has 25 heavy (non-hydrogen) atoms. The Morgan fingerprint density at radius 2 is 2.12 bits per heavy atom. The van der Waals surface area contributed by atoms with Crippen molar-refractivity contribution in [1.29, 1.82) is 0 Å². The van der Waals surface area contributed by atoms with Crippen molar-refractivity contribution in [2.45, 2.75) is 13.1 Å². The molecular weight excluding hydrogens is 346 g/mol. The van der Waals surface area contributed by atoms with Gasteiger partial charge in [0.2, 0.25) is 0 Å². The number of carbonyl (C=O) groups is 1. The molecule has 0 aliphatic rings. The summed E-state index contributed by atoms with van der Waals surface area (Å²) in [6.45, 7) is 0.850. The Labute approximate surface area is 148 Å². The van der Waals surface area contributed by atoms with E-state index in [2.05, 4.69) is 15.4 Å². The van der Waals surface area contributed by atoms with Gasteiger partial charge in [-0.2, -0.15) is 5.10 Å². The quantitative estimate of drug-likeness (QED) is 0.710. The highest BCUT2D eigenvalue weighted by Gasteiger charge is 2.10. The summed E-state index contributed by atoms with van der Waals surface area (Å²) in [6.07, 6.45) is 3.52. The summed E-state index contributed by atoms with van der Waals surface area (Å²) < 4.78 is 7.91. The first-order chi connectivity index (χ1) is 12.1. The third kappa shape index (κ3) is 4.04. The molecular formula is C16H16ClN5O3. The average molecular weight is 362 g/mol. The van der Waals surface area contributed by atoms with Gasteiger partial charge in [-0.05, 0) is 18.2 Å². The van der Waals surface area contributed by atoms with Crippen LogP contribution in [0.15, 0.2) is 41.5 Å². The van der Waals surface area contributed by atoms with Gasteiger partial charge in [0.1, 0.15) is 11.3 Å². The van der Waals surface area contributed by atoms with E-state index in [4.69, 9.17) is 16.3 Å². The van der Waals surface area contributed by atoms with Gasteiger partial charge in [0.05, 0.1) is 30.4 Å². The van der Waals surface area contributed by atoms with Gasteiger partial charge in [-0.3, -0.25) is 9.59 Å². The standard InChI is InChI=1S/C16H16ClN5O3/c1-25-7-6-22-15(23)5-3-13(20-22)16(24)18-8-12-10-21-9-11(17)2-4-14(21)19-12/h2-5,9-10H,6-8H2,1H3,(H,18,24). The van der Waals surface area contributed by atoms with Crippen molar-refractivity contribution in [3.8, 4) is 0 Å². The smallest absolute Gasteiger partial charge is 0.272 e. The maximum atomic E-state index is 12.2. The Morgan fingerprint density at radius 1 is 1.28 bits per heavy atom. The number of ether oxygens (including phenoxy) is 1. The molecule has 3 aromatic rings. The number of rotatable bonds is 6. The zero-order valence-corrected chi connectivity index (χ0v) is 14.2. The van der Waals surface area contributed by atoms with E-state index >= 15 is 0 Å². The molecule has 1 N–H and O–H groups in total. The van der Waals surface area contributed by atoms with Crippen molar-refractivity contribution in [1.82, 2.24) is 24.5 Å². The summed E-state index contributed by atoms with van der Waals surface area (Å²) in [4.78, 5) is 28.3. The molecule has 0 unspecified atom stereocenters. The molecule has 0 fully saturated rings. The first-order valence-corrected chi connectivity index (χ1v) is 7.93. The van der Waals surface area contributed by atoms with Gasteiger partial charge >= 0.3 is 0 Å². The Bertz CT molecular complexity index is 966. The Hall–Kier alpha value is -2.71. The van der Waals surface area contributed by atoms with Gasteiger partial charge in [-0.1, -0.05) is 11.6 Å². The van der Waals surface area contributed by atoms with Crippen LogP contribution >= 0.6 is 11.6 Å². The third-order valence-electron chi connectivity index (χ3n) is 3.50. The lowest BCUT2D eigenvalue weighted by Crippen LogP contribution is -2.30. The Morgan fingerprint density at radius 3 is 2.92 bits per heavy atom. The molecule has 8 nitrogen and oxygen atoms in total. The number of carbonyl (C=O) groups excluding carboxylic acids is 1. The van der Waals surface area contributed by atoms with Crippen molar-refractivity contribution in [3.05, 3.63) is 63.4 Å². The summed E-state index contributed by atoms with van der Waals surface area (Å²) in [7, 11) is 1.53. The molecule has 0 bridgehead atoms. The van der Waals surface area contributed by atoms with E-state index in [9.17, 15) is 9.59 Å². The minimum atomic E-state index is -0.388. The van der Waals surface area contributed by atoms with Crippen LogP contribution in [0.2, 0.25) is 5.02 Å². The van der Waals surface area contributed by atoms with Crippen LogP contribution in [0.5, 0.6) is 0 Å². The van der Waals surface area contributed by atoms with Crippen LogP contribution < -0.4 is 10.9 Å². The van der Waals surface area contributed by atoms with Gasteiger partial charge in [-0.25, -0.2) is 9.67 Å². The van der Waals surface area contributed by atoms with E-state index in [-0.39, 0.29) is 30.2 Å². The van der Waals surface area contributed by atoms with Gasteiger partial charge < -0.3 is 14.5 Å². The Balaban J connectivity index is 1.70. The van der Waals surface area contributed by atoms with E-state index in [0.717, 1.165) is 5.65 Å². The molecule has 130 valence electrons. The normalized spacial score (nSPS) is 11.0. The summed E-state index contributed by atoms with van der Waals surface area (Å²) in [5.74, 6) is -0.388. The minimum Gasteiger partial charge on any atom is -0.383 e. The molecule has 0 aromatic carbocycles. The van der Waals surface area contributed by atoms with Crippen LogP contribution in [-0.4, -0.2) is 38.8 Å². The molecule has 0 saturated carbocycles. The number of hydrogen-bond donors (Lipinski definition) is 1. The van der Waals surface area contributed by atoms with Gasteiger partial charge in [-0.15, -0.1) is 0 Å². The van der Waals surface area contributed by atoms with Crippen molar-refractivity contribution in [2.24, 2.45) is 0 Å². The monoisotopic (exact) mass is 361 g/mol. The molecule has 1 amide bonds. The highest BCUT2D eigenvalue weighted by atomic mass is 35.5. The number of halogens is 1. The van der Waals surface area contributed by atoms with Crippen LogP contribution in [0.4, 0.5) is 0 Å². The number of methoxy groups -OCH3 is 1. The molecule has 3 heterocycles. The minimum absolute atomic E-state index is 0.155. The predicted molar refractivity (Wildman–Crippen MR) is 91.7 cm³/mol. The number of fused-ring (bicyclic) bond motifs is 1. The summed E-state index contributed by atoms with van der Waals surface area (Å²) >= 11 is 5.94.